The van der Waals surface area contributed by atoms with E-state index in [-0.39, 0.29) is 29.5 Å². The summed E-state index contributed by atoms with van der Waals surface area (Å²) in [5.74, 6) is -3.82. The monoisotopic (exact) mass is 485 g/mol. The quantitative estimate of drug-likeness (QED) is 0.385. The van der Waals surface area contributed by atoms with Crippen molar-refractivity contribution in [3.05, 3.63) is 59.2 Å². The third-order valence-electron chi connectivity index (χ3n) is 4.60. The molecule has 3 rings (SSSR count). The molecular weight excluding hydrogens is 466 g/mol. The first-order valence-corrected chi connectivity index (χ1v) is 11.2. The summed E-state index contributed by atoms with van der Waals surface area (Å²) in [6.45, 7) is 3.48. The van der Waals surface area contributed by atoms with Gasteiger partial charge in [0.15, 0.2) is 23.2 Å². The molecule has 0 saturated carbocycles. The molecule has 1 aromatic carbocycles. The van der Waals surface area contributed by atoms with Crippen molar-refractivity contribution in [3.63, 3.8) is 0 Å². The number of Topliss-reactive ketones (excluding diaryl/α,β-unsaturated/α-hetero) is 1. The first kappa shape index (κ1) is 24.3. The lowest BCUT2D eigenvalue weighted by Crippen LogP contribution is -2.23. The van der Waals surface area contributed by atoms with Crippen LogP contribution in [-0.4, -0.2) is 45.9 Å². The summed E-state index contributed by atoms with van der Waals surface area (Å²) >= 11 is 0. The number of alkyl halides is 3. The molecule has 0 saturated heterocycles. The lowest BCUT2D eigenvalue weighted by atomic mass is 10.1. The Balaban J connectivity index is 1.92. The molecule has 0 bridgehead atoms. The lowest BCUT2D eigenvalue weighted by molar-refractivity contribution is -0.129. The Labute approximate surface area is 186 Å². The number of anilines is 1. The van der Waals surface area contributed by atoms with E-state index in [9.17, 15) is 30.8 Å². The highest BCUT2D eigenvalue weighted by Crippen LogP contribution is 2.23. The number of carbonyl (C=O) groups is 1. The minimum Gasteiger partial charge on any atom is -0.293 e. The average Bonchev–Trinajstić information content (AvgIpc) is 3.14. The Morgan fingerprint density at radius 2 is 1.91 bits per heavy atom. The van der Waals surface area contributed by atoms with Crippen molar-refractivity contribution in [3.8, 4) is 11.5 Å². The fourth-order valence-electron chi connectivity index (χ4n) is 2.89. The number of nitrogens with one attached hydrogen (secondary N) is 1. The van der Waals surface area contributed by atoms with Crippen molar-refractivity contribution in [1.82, 2.24) is 19.7 Å². The highest BCUT2D eigenvalue weighted by molar-refractivity contribution is 7.92. The third-order valence-corrected chi connectivity index (χ3v) is 5.85. The van der Waals surface area contributed by atoms with Gasteiger partial charge in [-0.15, -0.1) is 0 Å². The molecule has 1 N–H and O–H groups in total. The number of benzene rings is 1. The van der Waals surface area contributed by atoms with Crippen LogP contribution in [0.4, 0.5) is 23.4 Å². The van der Waals surface area contributed by atoms with Crippen LogP contribution in [-0.2, 0) is 16.6 Å². The molecule has 8 nitrogen and oxygen atoms in total. The predicted molar refractivity (Wildman–Crippen MR) is 112 cm³/mol. The zero-order chi connectivity index (χ0) is 24.4. The summed E-state index contributed by atoms with van der Waals surface area (Å²) in [5, 5.41) is 4.30. The van der Waals surface area contributed by atoms with Gasteiger partial charge in [-0.1, -0.05) is 24.3 Å². The molecule has 0 aliphatic carbocycles. The number of ketones is 1. The summed E-state index contributed by atoms with van der Waals surface area (Å²) in [4.78, 5) is 19.6. The number of rotatable bonds is 8. The molecule has 0 atom stereocenters. The molecule has 2 heterocycles. The van der Waals surface area contributed by atoms with Gasteiger partial charge in [0.1, 0.15) is 11.4 Å². The van der Waals surface area contributed by atoms with E-state index < -0.39 is 40.0 Å². The van der Waals surface area contributed by atoms with E-state index in [0.717, 1.165) is 11.1 Å². The zero-order valence-corrected chi connectivity index (χ0v) is 18.3. The number of nitrogens with zero attached hydrogens (tertiary/aromatic N) is 4. The molecule has 2 aromatic heterocycles. The highest BCUT2D eigenvalue weighted by Gasteiger charge is 2.30. The first-order chi connectivity index (χ1) is 15.3. The van der Waals surface area contributed by atoms with E-state index in [4.69, 9.17) is 0 Å². The number of sulfonamides is 1. The SMILES string of the molecule is CC(=O)c1cc(-c2ncc(F)c(NS(=O)(=O)CCC(F)(F)F)n2)nn1Cc1ccccc1C. The number of aryl methyl sites for hydroxylation is 1. The van der Waals surface area contributed by atoms with Gasteiger partial charge in [0.2, 0.25) is 10.0 Å². The Bertz CT molecular complexity index is 1290. The minimum atomic E-state index is -4.70. The van der Waals surface area contributed by atoms with E-state index in [0.29, 0.717) is 6.20 Å². The first-order valence-electron chi connectivity index (χ1n) is 9.58. The van der Waals surface area contributed by atoms with Crippen molar-refractivity contribution < 1.29 is 30.8 Å². The van der Waals surface area contributed by atoms with E-state index in [1.54, 1.807) is 4.72 Å². The summed E-state index contributed by atoms with van der Waals surface area (Å²) in [7, 11) is -4.53. The number of hydrogen-bond acceptors (Lipinski definition) is 6. The van der Waals surface area contributed by atoms with Gasteiger partial charge in [0.25, 0.3) is 0 Å². The largest absolute Gasteiger partial charge is 0.390 e. The lowest BCUT2D eigenvalue weighted by Gasteiger charge is -2.10. The van der Waals surface area contributed by atoms with Crippen molar-refractivity contribution in [2.24, 2.45) is 0 Å². The summed E-state index contributed by atoms with van der Waals surface area (Å²) < 4.78 is 78.1. The van der Waals surface area contributed by atoms with Crippen molar-refractivity contribution >= 4 is 21.6 Å². The van der Waals surface area contributed by atoms with Crippen molar-refractivity contribution in [2.75, 3.05) is 10.5 Å². The standard InChI is InChI=1S/C20H19F4N5O3S/c1-12-5-3-4-6-14(12)11-29-17(13(2)30)9-16(27-29)19-25-10-15(21)18(26-19)28-33(31,32)8-7-20(22,23)24/h3-6,9-10H,7-8,11H2,1-2H3,(H,25,26,28). The van der Waals surface area contributed by atoms with Crippen LogP contribution in [0.1, 0.15) is 35.0 Å². The van der Waals surface area contributed by atoms with Crippen LogP contribution < -0.4 is 4.72 Å². The number of halogens is 4. The molecular formula is C20H19F4N5O3S. The van der Waals surface area contributed by atoms with E-state index >= 15 is 0 Å². The van der Waals surface area contributed by atoms with Gasteiger partial charge < -0.3 is 0 Å². The van der Waals surface area contributed by atoms with Crippen molar-refractivity contribution in [2.45, 2.75) is 33.0 Å². The molecule has 176 valence electrons. The van der Waals surface area contributed by atoms with E-state index in [2.05, 4.69) is 15.1 Å². The number of carbonyl (C=O) groups excluding carboxylic acids is 1. The molecule has 0 unspecified atom stereocenters. The van der Waals surface area contributed by atoms with Crippen LogP contribution in [0.2, 0.25) is 0 Å². The second-order valence-electron chi connectivity index (χ2n) is 7.23. The van der Waals surface area contributed by atoms with Crippen molar-refractivity contribution in [1.29, 1.82) is 0 Å². The Morgan fingerprint density at radius 1 is 1.21 bits per heavy atom. The number of hydrogen-bond donors (Lipinski definition) is 1. The van der Waals surface area contributed by atoms with Crippen LogP contribution in [0.25, 0.3) is 11.5 Å². The van der Waals surface area contributed by atoms with Gasteiger partial charge >= 0.3 is 6.18 Å². The van der Waals surface area contributed by atoms with Gasteiger partial charge in [-0.2, -0.15) is 18.3 Å². The summed E-state index contributed by atoms with van der Waals surface area (Å²) in [6.07, 6.45) is -5.64. The fraction of sp³-hybridized carbons (Fsp3) is 0.300. The van der Waals surface area contributed by atoms with Gasteiger partial charge in [-0.05, 0) is 24.1 Å². The van der Waals surface area contributed by atoms with Gasteiger partial charge in [0, 0.05) is 6.92 Å². The predicted octanol–water partition coefficient (Wildman–Crippen LogP) is 3.73. The highest BCUT2D eigenvalue weighted by atomic mass is 32.2. The van der Waals surface area contributed by atoms with Gasteiger partial charge in [-0.3, -0.25) is 14.2 Å². The molecule has 0 amide bonds. The molecule has 0 fully saturated rings. The van der Waals surface area contributed by atoms with Crippen LogP contribution in [0.3, 0.4) is 0 Å². The summed E-state index contributed by atoms with van der Waals surface area (Å²) in [6, 6.07) is 8.83. The molecule has 33 heavy (non-hydrogen) atoms. The Hall–Kier alpha value is -3.35. The Kier molecular flexibility index (Phi) is 6.81. The van der Waals surface area contributed by atoms with Gasteiger partial charge in [-0.25, -0.2) is 22.8 Å². The maximum atomic E-state index is 14.1. The third kappa shape index (κ3) is 6.34. The maximum Gasteiger partial charge on any atom is 0.390 e. The van der Waals surface area contributed by atoms with Crippen LogP contribution in [0.5, 0.6) is 0 Å². The smallest absolute Gasteiger partial charge is 0.293 e. The molecule has 0 spiro atoms. The van der Waals surface area contributed by atoms with Gasteiger partial charge in [0.05, 0.1) is 24.9 Å². The molecule has 13 heteroatoms. The fourth-order valence-corrected chi connectivity index (χ4v) is 3.93. The zero-order valence-electron chi connectivity index (χ0n) is 17.5. The molecule has 3 aromatic rings. The molecule has 0 aliphatic rings. The second-order valence-corrected chi connectivity index (χ2v) is 9.07. The van der Waals surface area contributed by atoms with Crippen LogP contribution >= 0.6 is 0 Å². The second kappa shape index (κ2) is 9.25. The number of aromatic nitrogens is 4. The van der Waals surface area contributed by atoms with E-state index in [1.807, 2.05) is 31.2 Å². The molecule has 0 radical (unpaired) electrons. The topological polar surface area (TPSA) is 107 Å². The maximum absolute atomic E-state index is 14.1. The summed E-state index contributed by atoms with van der Waals surface area (Å²) in [5.41, 5.74) is 2.14. The average molecular weight is 485 g/mol. The van der Waals surface area contributed by atoms with Crippen LogP contribution in [0.15, 0.2) is 36.5 Å². The normalized spacial score (nSPS) is 12.1. The Morgan fingerprint density at radius 3 is 2.55 bits per heavy atom. The van der Waals surface area contributed by atoms with Crippen LogP contribution in [0, 0.1) is 12.7 Å². The minimum absolute atomic E-state index is 0.0597. The molecule has 0 aliphatic heterocycles. The van der Waals surface area contributed by atoms with E-state index in [1.165, 1.54) is 17.7 Å².